The molecule has 0 amide bonds. The molecule has 0 bridgehead atoms. The van der Waals surface area contributed by atoms with Gasteiger partial charge in [0, 0.05) is 24.2 Å². The SMILES string of the molecule is CCNC(=NCc1cc(OC)c(OC)cc1OC)NC1CCS(=O)(=O)C1.I. The van der Waals surface area contributed by atoms with Crippen LogP contribution in [0.4, 0.5) is 0 Å². The van der Waals surface area contributed by atoms with Gasteiger partial charge in [-0.15, -0.1) is 24.0 Å². The van der Waals surface area contributed by atoms with Crippen molar-refractivity contribution in [3.63, 3.8) is 0 Å². The number of hydrogen-bond donors (Lipinski definition) is 2. The summed E-state index contributed by atoms with van der Waals surface area (Å²) in [6.45, 7) is 2.98. The summed E-state index contributed by atoms with van der Waals surface area (Å²) >= 11 is 0. The van der Waals surface area contributed by atoms with Gasteiger partial charge in [0.15, 0.2) is 27.3 Å². The van der Waals surface area contributed by atoms with Crippen LogP contribution in [-0.4, -0.2) is 59.8 Å². The monoisotopic (exact) mass is 513 g/mol. The van der Waals surface area contributed by atoms with E-state index in [0.29, 0.717) is 42.7 Å². The molecule has 1 saturated heterocycles. The lowest BCUT2D eigenvalue weighted by Crippen LogP contribution is -2.44. The number of halogens is 1. The van der Waals surface area contributed by atoms with Crippen molar-refractivity contribution in [3.05, 3.63) is 17.7 Å². The molecule has 1 fully saturated rings. The van der Waals surface area contributed by atoms with Gasteiger partial charge in [-0.25, -0.2) is 13.4 Å². The number of guanidine groups is 1. The second kappa shape index (κ2) is 10.8. The van der Waals surface area contributed by atoms with Crippen LogP contribution in [0.3, 0.4) is 0 Å². The first-order valence-corrected chi connectivity index (χ1v) is 10.3. The van der Waals surface area contributed by atoms with Crippen LogP contribution in [0.15, 0.2) is 17.1 Å². The second-order valence-electron chi connectivity index (χ2n) is 5.96. The molecular weight excluding hydrogens is 485 g/mol. The van der Waals surface area contributed by atoms with Gasteiger partial charge in [0.05, 0.1) is 39.4 Å². The van der Waals surface area contributed by atoms with E-state index in [0.717, 1.165) is 5.56 Å². The highest BCUT2D eigenvalue weighted by atomic mass is 127. The minimum atomic E-state index is -2.95. The Labute approximate surface area is 178 Å². The predicted molar refractivity (Wildman–Crippen MR) is 117 cm³/mol. The van der Waals surface area contributed by atoms with E-state index in [-0.39, 0.29) is 41.5 Å². The van der Waals surface area contributed by atoms with Crippen molar-refractivity contribution in [1.82, 2.24) is 10.6 Å². The molecule has 1 aromatic rings. The smallest absolute Gasteiger partial charge is 0.191 e. The van der Waals surface area contributed by atoms with Crippen LogP contribution in [0.1, 0.15) is 18.9 Å². The molecule has 1 aliphatic heterocycles. The molecule has 8 nitrogen and oxygen atoms in total. The first-order chi connectivity index (χ1) is 12.4. The summed E-state index contributed by atoms with van der Waals surface area (Å²) in [6.07, 6.45) is 0.590. The maximum absolute atomic E-state index is 11.6. The van der Waals surface area contributed by atoms with Crippen LogP contribution in [0.25, 0.3) is 0 Å². The summed E-state index contributed by atoms with van der Waals surface area (Å²) in [6, 6.07) is 3.46. The molecule has 1 aromatic carbocycles. The van der Waals surface area contributed by atoms with Crippen LogP contribution in [0.5, 0.6) is 17.2 Å². The van der Waals surface area contributed by atoms with Crippen LogP contribution in [0.2, 0.25) is 0 Å². The van der Waals surface area contributed by atoms with E-state index in [1.165, 1.54) is 0 Å². The molecule has 10 heteroatoms. The lowest BCUT2D eigenvalue weighted by Gasteiger charge is -2.17. The number of rotatable bonds is 7. The number of benzene rings is 1. The van der Waals surface area contributed by atoms with Crippen LogP contribution < -0.4 is 24.8 Å². The zero-order chi connectivity index (χ0) is 19.2. The Bertz CT molecular complexity index is 755. The van der Waals surface area contributed by atoms with Crippen molar-refractivity contribution >= 4 is 39.8 Å². The fourth-order valence-electron chi connectivity index (χ4n) is 2.80. The molecule has 1 heterocycles. The average Bonchev–Trinajstić information content (AvgIpc) is 2.97. The lowest BCUT2D eigenvalue weighted by molar-refractivity contribution is 0.347. The first kappa shape index (κ1) is 23.6. The summed E-state index contributed by atoms with van der Waals surface area (Å²) in [5, 5.41) is 6.34. The standard InChI is InChI=1S/C17H27N3O5S.HI/c1-5-18-17(20-13-6-7-26(21,22)11-13)19-10-12-8-15(24-3)16(25-4)9-14(12)23-2;/h8-9,13H,5-7,10-11H2,1-4H3,(H2,18,19,20);1H. The van der Waals surface area contributed by atoms with Gasteiger partial charge in [0.25, 0.3) is 0 Å². The molecule has 0 radical (unpaired) electrons. The van der Waals surface area contributed by atoms with Gasteiger partial charge in [-0.1, -0.05) is 0 Å². The number of sulfone groups is 1. The van der Waals surface area contributed by atoms with Gasteiger partial charge in [0.2, 0.25) is 0 Å². The molecule has 0 spiro atoms. The summed E-state index contributed by atoms with van der Waals surface area (Å²) in [5.41, 5.74) is 0.835. The van der Waals surface area contributed by atoms with E-state index in [9.17, 15) is 8.42 Å². The van der Waals surface area contributed by atoms with Crippen molar-refractivity contribution in [2.24, 2.45) is 4.99 Å². The van der Waals surface area contributed by atoms with E-state index in [1.807, 2.05) is 13.0 Å². The van der Waals surface area contributed by atoms with Crippen molar-refractivity contribution in [2.45, 2.75) is 25.9 Å². The van der Waals surface area contributed by atoms with E-state index >= 15 is 0 Å². The summed E-state index contributed by atoms with van der Waals surface area (Å²) in [5.74, 6) is 2.75. The van der Waals surface area contributed by atoms with Gasteiger partial charge in [-0.05, 0) is 19.4 Å². The summed E-state index contributed by atoms with van der Waals surface area (Å²) in [4.78, 5) is 4.56. The van der Waals surface area contributed by atoms with E-state index in [1.54, 1.807) is 27.4 Å². The Hall–Kier alpha value is -1.43. The van der Waals surface area contributed by atoms with Crippen LogP contribution in [-0.2, 0) is 16.4 Å². The van der Waals surface area contributed by atoms with Gasteiger partial charge in [-0.2, -0.15) is 0 Å². The van der Waals surface area contributed by atoms with Crippen LogP contribution in [0, 0.1) is 0 Å². The molecule has 0 aliphatic carbocycles. The highest BCUT2D eigenvalue weighted by molar-refractivity contribution is 14.0. The molecule has 154 valence electrons. The number of nitrogens with zero attached hydrogens (tertiary/aromatic N) is 1. The number of aliphatic imine (C=N–C) groups is 1. The Morgan fingerprint density at radius 2 is 1.78 bits per heavy atom. The summed E-state index contributed by atoms with van der Waals surface area (Å²) < 4.78 is 39.3. The quantitative estimate of drug-likeness (QED) is 0.325. The molecule has 27 heavy (non-hydrogen) atoms. The highest BCUT2D eigenvalue weighted by Gasteiger charge is 2.28. The molecule has 2 rings (SSSR count). The maximum Gasteiger partial charge on any atom is 0.191 e. The minimum absolute atomic E-state index is 0. The molecule has 2 N–H and O–H groups in total. The second-order valence-corrected chi connectivity index (χ2v) is 8.19. The molecular formula is C17H28IN3O5S. The van der Waals surface area contributed by atoms with Crippen molar-refractivity contribution in [3.8, 4) is 17.2 Å². The number of methoxy groups -OCH3 is 3. The molecule has 1 unspecified atom stereocenters. The highest BCUT2D eigenvalue weighted by Crippen LogP contribution is 2.34. The molecule has 1 aliphatic rings. The summed E-state index contributed by atoms with van der Waals surface area (Å²) in [7, 11) is 1.78. The van der Waals surface area contributed by atoms with E-state index < -0.39 is 9.84 Å². The third-order valence-corrected chi connectivity index (χ3v) is 5.88. The van der Waals surface area contributed by atoms with Crippen molar-refractivity contribution in [1.29, 1.82) is 0 Å². The fraction of sp³-hybridized carbons (Fsp3) is 0.588. The maximum atomic E-state index is 11.6. The topological polar surface area (TPSA) is 98.2 Å². The Morgan fingerprint density at radius 1 is 1.15 bits per heavy atom. The van der Waals surface area contributed by atoms with E-state index in [4.69, 9.17) is 14.2 Å². The molecule has 0 aromatic heterocycles. The third kappa shape index (κ3) is 6.59. The third-order valence-electron chi connectivity index (χ3n) is 4.11. The zero-order valence-corrected chi connectivity index (χ0v) is 19.2. The van der Waals surface area contributed by atoms with Gasteiger partial charge in [0.1, 0.15) is 5.75 Å². The van der Waals surface area contributed by atoms with E-state index in [2.05, 4.69) is 15.6 Å². The Balaban J connectivity index is 0.00000364. The van der Waals surface area contributed by atoms with Gasteiger partial charge < -0.3 is 24.8 Å². The normalized spacial score (nSPS) is 18.4. The Kier molecular flexibility index (Phi) is 9.43. The molecule has 0 saturated carbocycles. The zero-order valence-electron chi connectivity index (χ0n) is 16.1. The van der Waals surface area contributed by atoms with Gasteiger partial charge in [-0.3, -0.25) is 0 Å². The minimum Gasteiger partial charge on any atom is -0.496 e. The molecule has 1 atom stereocenters. The first-order valence-electron chi connectivity index (χ1n) is 8.46. The number of nitrogens with one attached hydrogen (secondary N) is 2. The Morgan fingerprint density at radius 3 is 2.30 bits per heavy atom. The average molecular weight is 513 g/mol. The predicted octanol–water partition coefficient (Wildman–Crippen LogP) is 1.57. The van der Waals surface area contributed by atoms with Crippen LogP contribution >= 0.6 is 24.0 Å². The van der Waals surface area contributed by atoms with Crippen molar-refractivity contribution < 1.29 is 22.6 Å². The fourth-order valence-corrected chi connectivity index (χ4v) is 4.48. The lowest BCUT2D eigenvalue weighted by atomic mass is 10.1. The van der Waals surface area contributed by atoms with Gasteiger partial charge >= 0.3 is 0 Å². The van der Waals surface area contributed by atoms with Crippen molar-refractivity contribution in [2.75, 3.05) is 39.4 Å². The number of ether oxygens (including phenoxy) is 3. The number of hydrogen-bond acceptors (Lipinski definition) is 6. The largest absolute Gasteiger partial charge is 0.496 e.